The van der Waals surface area contributed by atoms with E-state index < -0.39 is 16.0 Å². The number of rotatable bonds is 11. The zero-order valence-corrected chi connectivity index (χ0v) is 19.0. The van der Waals surface area contributed by atoms with E-state index in [1.807, 2.05) is 6.07 Å². The maximum Gasteiger partial charge on any atom is 0.319 e. The Kier molecular flexibility index (Phi) is 8.23. The molecule has 0 unspecified atom stereocenters. The Morgan fingerprint density at radius 1 is 1.00 bits per heavy atom. The maximum atomic E-state index is 13.1. The number of nitrogens with one attached hydrogen (secondary N) is 2. The van der Waals surface area contributed by atoms with Crippen LogP contribution in [-0.4, -0.2) is 51.4 Å². The molecule has 0 aliphatic carbocycles. The van der Waals surface area contributed by atoms with Crippen molar-refractivity contribution in [3.63, 3.8) is 0 Å². The van der Waals surface area contributed by atoms with Crippen molar-refractivity contribution in [3.05, 3.63) is 71.1 Å². The zero-order valence-electron chi connectivity index (χ0n) is 17.4. The fourth-order valence-corrected chi connectivity index (χ4v) is 5.17. The van der Waals surface area contributed by atoms with E-state index in [1.54, 1.807) is 61.5 Å². The molecule has 0 radical (unpaired) electrons. The van der Waals surface area contributed by atoms with Crippen molar-refractivity contribution in [2.24, 2.45) is 0 Å². The molecule has 1 aromatic heterocycles. The minimum atomic E-state index is -3.95. The third-order valence-corrected chi connectivity index (χ3v) is 7.19. The first-order chi connectivity index (χ1) is 15.4. The molecule has 0 aliphatic rings. The van der Waals surface area contributed by atoms with E-state index in [4.69, 9.17) is 4.74 Å². The molecule has 0 fully saturated rings. The molecule has 0 saturated carbocycles. The predicted molar refractivity (Wildman–Crippen MR) is 122 cm³/mol. The van der Waals surface area contributed by atoms with Gasteiger partial charge in [0.05, 0.1) is 18.8 Å². The summed E-state index contributed by atoms with van der Waals surface area (Å²) < 4.78 is 32.6. The standard InChI is InChI=1S/C22H23N3O5S2/c1-2-30-18(26)15-23-13-14-24-32(28,29)22-25-19(16-9-5-3-6-10-16)21(31-22)20(27)17-11-7-4-8-12-17/h3-12,23-24H,2,13-15H2,1H3. The van der Waals surface area contributed by atoms with Crippen LogP contribution in [0.4, 0.5) is 0 Å². The van der Waals surface area contributed by atoms with Crippen LogP contribution in [0.25, 0.3) is 11.3 Å². The third-order valence-electron chi connectivity index (χ3n) is 4.30. The van der Waals surface area contributed by atoms with Crippen LogP contribution in [0.2, 0.25) is 0 Å². The molecule has 0 aliphatic heterocycles. The van der Waals surface area contributed by atoms with Crippen molar-refractivity contribution in [1.82, 2.24) is 15.0 Å². The SMILES string of the molecule is CCOC(=O)CNCCNS(=O)(=O)c1nc(-c2ccccc2)c(C(=O)c2ccccc2)s1. The molecular weight excluding hydrogens is 450 g/mol. The van der Waals surface area contributed by atoms with Crippen molar-refractivity contribution >= 4 is 33.1 Å². The van der Waals surface area contributed by atoms with Gasteiger partial charge < -0.3 is 10.1 Å². The van der Waals surface area contributed by atoms with Crippen LogP contribution in [0.15, 0.2) is 65.0 Å². The first-order valence-electron chi connectivity index (χ1n) is 9.94. The molecule has 0 bridgehead atoms. The molecule has 2 aromatic carbocycles. The number of benzene rings is 2. The molecule has 0 spiro atoms. The minimum absolute atomic E-state index is 0.0132. The van der Waals surface area contributed by atoms with Gasteiger partial charge in [0, 0.05) is 24.2 Å². The van der Waals surface area contributed by atoms with Crippen LogP contribution in [0, 0.1) is 0 Å². The van der Waals surface area contributed by atoms with E-state index in [1.165, 1.54) is 0 Å². The Morgan fingerprint density at radius 2 is 1.66 bits per heavy atom. The van der Waals surface area contributed by atoms with Crippen LogP contribution in [0.5, 0.6) is 0 Å². The highest BCUT2D eigenvalue weighted by molar-refractivity contribution is 7.91. The number of esters is 1. The number of hydrogen-bond acceptors (Lipinski definition) is 8. The van der Waals surface area contributed by atoms with Crippen molar-refractivity contribution in [2.45, 2.75) is 11.3 Å². The largest absolute Gasteiger partial charge is 0.465 e. The lowest BCUT2D eigenvalue weighted by Crippen LogP contribution is -2.34. The average molecular weight is 474 g/mol. The summed E-state index contributed by atoms with van der Waals surface area (Å²) in [5.74, 6) is -0.702. The molecule has 0 saturated heterocycles. The van der Waals surface area contributed by atoms with E-state index in [2.05, 4.69) is 15.0 Å². The first kappa shape index (κ1) is 23.7. The van der Waals surface area contributed by atoms with Crippen molar-refractivity contribution in [1.29, 1.82) is 0 Å². The van der Waals surface area contributed by atoms with Crippen LogP contribution in [0.3, 0.4) is 0 Å². The second kappa shape index (κ2) is 11.1. The topological polar surface area (TPSA) is 114 Å². The van der Waals surface area contributed by atoms with Crippen LogP contribution >= 0.6 is 11.3 Å². The maximum absolute atomic E-state index is 13.1. The Balaban J connectivity index is 1.80. The summed E-state index contributed by atoms with van der Waals surface area (Å²) in [6, 6.07) is 17.6. The zero-order chi connectivity index (χ0) is 23.0. The van der Waals surface area contributed by atoms with Crippen molar-refractivity contribution in [2.75, 3.05) is 26.2 Å². The first-order valence-corrected chi connectivity index (χ1v) is 12.2. The minimum Gasteiger partial charge on any atom is -0.465 e. The normalized spacial score (nSPS) is 11.3. The van der Waals surface area contributed by atoms with Gasteiger partial charge in [-0.05, 0) is 6.92 Å². The Labute approximate surface area is 190 Å². The average Bonchev–Trinajstić information content (AvgIpc) is 3.26. The third kappa shape index (κ3) is 6.07. The highest BCUT2D eigenvalue weighted by atomic mass is 32.2. The van der Waals surface area contributed by atoms with Crippen molar-refractivity contribution in [3.8, 4) is 11.3 Å². The smallest absolute Gasteiger partial charge is 0.319 e. The molecular formula is C22H23N3O5S2. The van der Waals surface area contributed by atoms with Gasteiger partial charge >= 0.3 is 5.97 Å². The Bertz CT molecular complexity index is 1160. The molecule has 32 heavy (non-hydrogen) atoms. The van der Waals surface area contributed by atoms with E-state index in [0.717, 1.165) is 11.3 Å². The van der Waals surface area contributed by atoms with E-state index in [-0.39, 0.29) is 41.2 Å². The lowest BCUT2D eigenvalue weighted by Gasteiger charge is -2.06. The van der Waals surface area contributed by atoms with Gasteiger partial charge in [0.1, 0.15) is 4.88 Å². The Hall–Kier alpha value is -2.92. The van der Waals surface area contributed by atoms with Gasteiger partial charge in [0.25, 0.3) is 10.0 Å². The molecule has 0 amide bonds. The lowest BCUT2D eigenvalue weighted by atomic mass is 10.1. The van der Waals surface area contributed by atoms with Gasteiger partial charge in [-0.25, -0.2) is 18.1 Å². The number of ketones is 1. The molecule has 2 N–H and O–H groups in total. The predicted octanol–water partition coefficient (Wildman–Crippen LogP) is 2.47. The summed E-state index contributed by atoms with van der Waals surface area (Å²) in [6.45, 7) is 2.25. The van der Waals surface area contributed by atoms with E-state index >= 15 is 0 Å². The summed E-state index contributed by atoms with van der Waals surface area (Å²) in [6.07, 6.45) is 0. The summed E-state index contributed by atoms with van der Waals surface area (Å²) in [5, 5.41) is 2.80. The fourth-order valence-electron chi connectivity index (χ4n) is 2.82. The summed E-state index contributed by atoms with van der Waals surface area (Å²) in [5.41, 5.74) is 1.43. The van der Waals surface area contributed by atoms with E-state index in [0.29, 0.717) is 16.8 Å². The van der Waals surface area contributed by atoms with Gasteiger partial charge in [-0.15, -0.1) is 0 Å². The van der Waals surface area contributed by atoms with Crippen LogP contribution in [0.1, 0.15) is 22.2 Å². The lowest BCUT2D eigenvalue weighted by molar-refractivity contribution is -0.141. The number of carbonyl (C=O) groups excluding carboxylic acids is 2. The quantitative estimate of drug-likeness (QED) is 0.250. The molecule has 8 nitrogen and oxygen atoms in total. The molecule has 10 heteroatoms. The van der Waals surface area contributed by atoms with Gasteiger partial charge in [0.15, 0.2) is 0 Å². The Morgan fingerprint density at radius 3 is 2.31 bits per heavy atom. The van der Waals surface area contributed by atoms with E-state index in [9.17, 15) is 18.0 Å². The molecule has 3 aromatic rings. The van der Waals surface area contributed by atoms with Gasteiger partial charge in [-0.3, -0.25) is 9.59 Å². The molecule has 0 atom stereocenters. The number of aromatic nitrogens is 1. The highest BCUT2D eigenvalue weighted by Gasteiger charge is 2.26. The number of sulfonamides is 1. The monoisotopic (exact) mass is 473 g/mol. The second-order valence-corrected chi connectivity index (χ2v) is 9.54. The number of ether oxygens (including phenoxy) is 1. The number of nitrogens with zero attached hydrogens (tertiary/aromatic N) is 1. The van der Waals surface area contributed by atoms with Crippen molar-refractivity contribution < 1.29 is 22.7 Å². The van der Waals surface area contributed by atoms with Gasteiger partial charge in [-0.1, -0.05) is 72.0 Å². The number of hydrogen-bond donors (Lipinski definition) is 2. The van der Waals surface area contributed by atoms with Crippen LogP contribution < -0.4 is 10.0 Å². The molecule has 1 heterocycles. The number of thiazole rings is 1. The van der Waals surface area contributed by atoms with Crippen LogP contribution in [-0.2, 0) is 19.6 Å². The molecule has 168 valence electrons. The highest BCUT2D eigenvalue weighted by Crippen LogP contribution is 2.32. The van der Waals surface area contributed by atoms with Gasteiger partial charge in [-0.2, -0.15) is 0 Å². The van der Waals surface area contributed by atoms with Gasteiger partial charge in [0.2, 0.25) is 10.1 Å². The number of carbonyl (C=O) groups is 2. The summed E-state index contributed by atoms with van der Waals surface area (Å²) in [4.78, 5) is 29.0. The summed E-state index contributed by atoms with van der Waals surface area (Å²) in [7, 11) is -3.95. The fraction of sp³-hybridized carbons (Fsp3) is 0.227. The molecule has 3 rings (SSSR count). The summed E-state index contributed by atoms with van der Waals surface area (Å²) >= 11 is 0.834. The second-order valence-electron chi connectivity index (χ2n) is 6.60.